The molecule has 0 aliphatic carbocycles. The van der Waals surface area contributed by atoms with Crippen LogP contribution in [0.3, 0.4) is 0 Å². The van der Waals surface area contributed by atoms with Gasteiger partial charge in [-0.3, -0.25) is 0 Å². The van der Waals surface area contributed by atoms with Crippen LogP contribution in [0.4, 0.5) is 0 Å². The normalized spacial score (nSPS) is 14.5. The van der Waals surface area contributed by atoms with E-state index in [2.05, 4.69) is 39.0 Å². The van der Waals surface area contributed by atoms with Crippen LogP contribution in [0.1, 0.15) is 45.0 Å². The van der Waals surface area contributed by atoms with Crippen molar-refractivity contribution >= 4 is 5.96 Å². The van der Waals surface area contributed by atoms with Gasteiger partial charge >= 0.3 is 0 Å². The number of guanidine groups is 1. The lowest BCUT2D eigenvalue weighted by Crippen LogP contribution is -2.44. The fraction of sp³-hybridized carbons (Fsp3) is 0.579. The number of rotatable bonds is 8. The smallest absolute Gasteiger partial charge is 0.191 e. The van der Waals surface area contributed by atoms with Gasteiger partial charge in [-0.25, -0.2) is 9.98 Å². The van der Waals surface area contributed by atoms with E-state index >= 15 is 0 Å². The van der Waals surface area contributed by atoms with Gasteiger partial charge in [-0.2, -0.15) is 0 Å². The summed E-state index contributed by atoms with van der Waals surface area (Å²) in [6.45, 7) is 12.3. The lowest BCUT2D eigenvalue weighted by molar-refractivity contribution is 0.0378. The molecule has 0 aliphatic rings. The first kappa shape index (κ1) is 20.0. The summed E-state index contributed by atoms with van der Waals surface area (Å²) >= 11 is 0. The molecule has 1 unspecified atom stereocenters. The Bertz CT molecular complexity index is 715. The molecule has 2 heterocycles. The maximum Gasteiger partial charge on any atom is 0.191 e. The topological polar surface area (TPSA) is 87.6 Å². The van der Waals surface area contributed by atoms with Gasteiger partial charge in [-0.15, -0.1) is 0 Å². The zero-order chi connectivity index (χ0) is 19.2. The third kappa shape index (κ3) is 5.62. The van der Waals surface area contributed by atoms with Gasteiger partial charge in [0, 0.05) is 25.5 Å². The molecule has 0 saturated heterocycles. The van der Waals surface area contributed by atoms with Crippen molar-refractivity contribution in [2.75, 3.05) is 13.1 Å². The zero-order valence-electron chi connectivity index (χ0n) is 16.4. The summed E-state index contributed by atoms with van der Waals surface area (Å²) in [5.74, 6) is 3.41. The summed E-state index contributed by atoms with van der Waals surface area (Å²) in [6, 6.07) is 3.64. The molecule has 7 heteroatoms. The number of nitrogens with one attached hydrogen (secondary N) is 2. The summed E-state index contributed by atoms with van der Waals surface area (Å²) in [5, 5.41) is 17.0. The van der Waals surface area contributed by atoms with E-state index in [9.17, 15) is 5.11 Å². The van der Waals surface area contributed by atoms with Crippen molar-refractivity contribution in [3.63, 3.8) is 0 Å². The van der Waals surface area contributed by atoms with Gasteiger partial charge in [0.2, 0.25) is 0 Å². The van der Waals surface area contributed by atoms with E-state index in [1.807, 2.05) is 26.1 Å². The predicted molar refractivity (Wildman–Crippen MR) is 103 cm³/mol. The van der Waals surface area contributed by atoms with Crippen LogP contribution < -0.4 is 10.6 Å². The van der Waals surface area contributed by atoms with Crippen LogP contribution in [0.2, 0.25) is 0 Å². The van der Waals surface area contributed by atoms with Gasteiger partial charge in [0.15, 0.2) is 5.96 Å². The standard InChI is InChI=1S/C19H31N5O2/c1-6-20-18(22-11-17-21-9-10-24(17)12-14(2)3)23-13-19(5,25)16-8-7-15(4)26-16/h7-10,14,25H,6,11-13H2,1-5H3,(H2,20,22,23). The average Bonchev–Trinajstić information content (AvgIpc) is 3.19. The molecule has 3 N–H and O–H groups in total. The SMILES string of the molecule is CCNC(=NCc1nccn1CC(C)C)NCC(C)(O)c1ccc(C)o1. The van der Waals surface area contributed by atoms with Crippen LogP contribution in [-0.4, -0.2) is 33.7 Å². The third-order valence-electron chi connectivity index (χ3n) is 3.96. The van der Waals surface area contributed by atoms with Crippen LogP contribution in [0.25, 0.3) is 0 Å². The first-order valence-corrected chi connectivity index (χ1v) is 9.13. The summed E-state index contributed by atoms with van der Waals surface area (Å²) in [6.07, 6.45) is 3.78. The van der Waals surface area contributed by atoms with Crippen molar-refractivity contribution in [2.24, 2.45) is 10.9 Å². The zero-order valence-corrected chi connectivity index (χ0v) is 16.4. The molecular weight excluding hydrogens is 330 g/mol. The fourth-order valence-electron chi connectivity index (χ4n) is 2.61. The van der Waals surface area contributed by atoms with Gasteiger partial charge in [0.05, 0.1) is 6.54 Å². The van der Waals surface area contributed by atoms with E-state index in [1.165, 1.54) is 0 Å². The highest BCUT2D eigenvalue weighted by atomic mass is 16.4. The second-order valence-corrected chi connectivity index (χ2v) is 7.12. The van der Waals surface area contributed by atoms with Gasteiger partial charge in [0.1, 0.15) is 29.5 Å². The quantitative estimate of drug-likeness (QED) is 0.496. The summed E-state index contributed by atoms with van der Waals surface area (Å²) in [7, 11) is 0. The summed E-state index contributed by atoms with van der Waals surface area (Å²) in [4.78, 5) is 8.99. The summed E-state index contributed by atoms with van der Waals surface area (Å²) < 4.78 is 7.67. The number of aliphatic hydroxyl groups is 1. The lowest BCUT2D eigenvalue weighted by Gasteiger charge is -2.22. The molecular formula is C19H31N5O2. The van der Waals surface area contributed by atoms with E-state index in [1.54, 1.807) is 19.2 Å². The monoisotopic (exact) mass is 361 g/mol. The van der Waals surface area contributed by atoms with Crippen LogP contribution in [0.15, 0.2) is 33.9 Å². The Balaban J connectivity index is 2.02. The number of imidazole rings is 1. The molecule has 2 rings (SSSR count). The van der Waals surface area contributed by atoms with Crippen molar-refractivity contribution in [1.29, 1.82) is 0 Å². The van der Waals surface area contributed by atoms with Crippen LogP contribution in [0, 0.1) is 12.8 Å². The maximum atomic E-state index is 10.7. The minimum atomic E-state index is -1.12. The Morgan fingerprint density at radius 3 is 2.77 bits per heavy atom. The van der Waals surface area contributed by atoms with Gasteiger partial charge in [-0.1, -0.05) is 13.8 Å². The minimum Gasteiger partial charge on any atom is -0.463 e. The van der Waals surface area contributed by atoms with E-state index in [4.69, 9.17) is 4.42 Å². The molecule has 1 atom stereocenters. The van der Waals surface area contributed by atoms with Crippen molar-refractivity contribution in [3.05, 3.63) is 41.9 Å². The number of aliphatic imine (C=N–C) groups is 1. The second kappa shape index (κ2) is 8.89. The molecule has 0 radical (unpaired) electrons. The molecule has 0 spiro atoms. The highest BCUT2D eigenvalue weighted by Gasteiger charge is 2.27. The minimum absolute atomic E-state index is 0.284. The third-order valence-corrected chi connectivity index (χ3v) is 3.96. The number of nitrogens with zero attached hydrogens (tertiary/aromatic N) is 3. The molecule has 0 aromatic carbocycles. The highest BCUT2D eigenvalue weighted by Crippen LogP contribution is 2.21. The Morgan fingerprint density at radius 1 is 1.38 bits per heavy atom. The highest BCUT2D eigenvalue weighted by molar-refractivity contribution is 5.79. The van der Waals surface area contributed by atoms with E-state index in [0.717, 1.165) is 24.7 Å². The van der Waals surface area contributed by atoms with Gasteiger partial charge < -0.3 is 24.7 Å². The first-order chi connectivity index (χ1) is 12.3. The number of furan rings is 1. The molecule has 7 nitrogen and oxygen atoms in total. The van der Waals surface area contributed by atoms with Crippen molar-refractivity contribution in [3.8, 4) is 0 Å². The molecule has 144 valence electrons. The van der Waals surface area contributed by atoms with Crippen LogP contribution >= 0.6 is 0 Å². The van der Waals surface area contributed by atoms with Crippen molar-refractivity contribution < 1.29 is 9.52 Å². The molecule has 2 aromatic heterocycles. The van der Waals surface area contributed by atoms with Crippen molar-refractivity contribution in [1.82, 2.24) is 20.2 Å². The van der Waals surface area contributed by atoms with E-state index in [-0.39, 0.29) is 6.54 Å². The molecule has 0 bridgehead atoms. The van der Waals surface area contributed by atoms with Crippen LogP contribution in [0.5, 0.6) is 0 Å². The molecule has 26 heavy (non-hydrogen) atoms. The average molecular weight is 361 g/mol. The Kier molecular flexibility index (Phi) is 6.85. The van der Waals surface area contributed by atoms with Gasteiger partial charge in [-0.05, 0) is 38.8 Å². The Hall–Kier alpha value is -2.28. The number of hydrogen-bond donors (Lipinski definition) is 3. The Morgan fingerprint density at radius 2 is 2.15 bits per heavy atom. The van der Waals surface area contributed by atoms with Gasteiger partial charge in [0.25, 0.3) is 0 Å². The predicted octanol–water partition coefficient (Wildman–Crippen LogP) is 2.40. The molecule has 2 aromatic rings. The second-order valence-electron chi connectivity index (χ2n) is 7.12. The first-order valence-electron chi connectivity index (χ1n) is 9.13. The number of aryl methyl sites for hydroxylation is 1. The number of hydrogen-bond acceptors (Lipinski definition) is 4. The molecule has 0 amide bonds. The molecule has 0 fully saturated rings. The summed E-state index contributed by atoms with van der Waals surface area (Å²) in [5.41, 5.74) is -1.12. The van der Waals surface area contributed by atoms with E-state index < -0.39 is 5.60 Å². The van der Waals surface area contributed by atoms with Crippen LogP contribution in [-0.2, 0) is 18.7 Å². The molecule has 0 saturated carbocycles. The number of aromatic nitrogens is 2. The van der Waals surface area contributed by atoms with E-state index in [0.29, 0.717) is 24.2 Å². The lowest BCUT2D eigenvalue weighted by atomic mass is 10.0. The fourth-order valence-corrected chi connectivity index (χ4v) is 2.61. The Labute approximate surface area is 155 Å². The van der Waals surface area contributed by atoms with Crippen molar-refractivity contribution in [2.45, 2.75) is 53.3 Å². The molecule has 0 aliphatic heterocycles. The maximum absolute atomic E-state index is 10.7. The largest absolute Gasteiger partial charge is 0.463 e.